The van der Waals surface area contributed by atoms with Gasteiger partial charge in [0.25, 0.3) is 0 Å². The number of aryl methyl sites for hydroxylation is 1. The SMILES string of the molecule is CC1CCC(c2cc(Nc3ccc4c(c3)C(C#N)CC4)n(C(C)(C)C)n2)C1. The quantitative estimate of drug-likeness (QED) is 0.746. The smallest absolute Gasteiger partial charge is 0.129 e. The van der Waals surface area contributed by atoms with E-state index in [2.05, 4.69) is 68.0 Å². The highest BCUT2D eigenvalue weighted by Crippen LogP contribution is 2.40. The van der Waals surface area contributed by atoms with E-state index in [1.54, 1.807) is 0 Å². The summed E-state index contributed by atoms with van der Waals surface area (Å²) in [6.07, 6.45) is 5.74. The Morgan fingerprint density at radius 3 is 2.67 bits per heavy atom. The van der Waals surface area contributed by atoms with E-state index in [-0.39, 0.29) is 11.5 Å². The first-order valence-electron chi connectivity index (χ1n) is 10.2. The standard InChI is InChI=1S/C23H30N4/c1-15-5-6-17(11-15)21-13-22(27(26-21)23(2,3)4)25-19-10-9-16-7-8-18(14-24)20(16)12-19/h9-10,12-13,15,17-18,25H,5-8,11H2,1-4H3. The van der Waals surface area contributed by atoms with Crippen LogP contribution in [0.25, 0.3) is 0 Å². The Morgan fingerprint density at radius 1 is 1.19 bits per heavy atom. The van der Waals surface area contributed by atoms with E-state index >= 15 is 0 Å². The first-order chi connectivity index (χ1) is 12.8. The fourth-order valence-corrected chi connectivity index (χ4v) is 4.64. The van der Waals surface area contributed by atoms with Crippen LogP contribution in [0.1, 0.15) is 82.0 Å². The molecule has 1 aromatic heterocycles. The highest BCUT2D eigenvalue weighted by molar-refractivity contribution is 5.61. The van der Waals surface area contributed by atoms with Crippen LogP contribution < -0.4 is 5.32 Å². The minimum Gasteiger partial charge on any atom is -0.340 e. The molecule has 142 valence electrons. The molecule has 0 spiro atoms. The van der Waals surface area contributed by atoms with Crippen LogP contribution in [0.15, 0.2) is 24.3 Å². The predicted octanol–water partition coefficient (Wildman–Crippen LogP) is 5.84. The zero-order chi connectivity index (χ0) is 19.2. The maximum atomic E-state index is 9.41. The second kappa shape index (κ2) is 6.71. The van der Waals surface area contributed by atoms with Crippen molar-refractivity contribution >= 4 is 11.5 Å². The van der Waals surface area contributed by atoms with Gasteiger partial charge in [0.2, 0.25) is 0 Å². The molecule has 2 aromatic rings. The molecule has 1 heterocycles. The molecule has 2 aliphatic rings. The van der Waals surface area contributed by atoms with Gasteiger partial charge >= 0.3 is 0 Å². The van der Waals surface area contributed by atoms with Crippen LogP contribution in [-0.2, 0) is 12.0 Å². The number of rotatable bonds is 3. The molecule has 4 rings (SSSR count). The monoisotopic (exact) mass is 362 g/mol. The molecule has 2 aliphatic carbocycles. The third kappa shape index (κ3) is 3.48. The molecule has 0 bridgehead atoms. The van der Waals surface area contributed by atoms with Gasteiger partial charge in [-0.25, -0.2) is 4.68 Å². The summed E-state index contributed by atoms with van der Waals surface area (Å²) < 4.78 is 2.13. The summed E-state index contributed by atoms with van der Waals surface area (Å²) in [5.74, 6) is 2.45. The number of hydrogen-bond acceptors (Lipinski definition) is 3. The van der Waals surface area contributed by atoms with Crippen molar-refractivity contribution in [3.05, 3.63) is 41.1 Å². The van der Waals surface area contributed by atoms with Gasteiger partial charge in [-0.3, -0.25) is 0 Å². The molecule has 0 radical (unpaired) electrons. The Morgan fingerprint density at radius 2 is 2.00 bits per heavy atom. The number of aromatic nitrogens is 2. The van der Waals surface area contributed by atoms with Gasteiger partial charge < -0.3 is 5.32 Å². The molecule has 4 heteroatoms. The highest BCUT2D eigenvalue weighted by Gasteiger charge is 2.28. The summed E-state index contributed by atoms with van der Waals surface area (Å²) in [4.78, 5) is 0. The predicted molar refractivity (Wildman–Crippen MR) is 109 cm³/mol. The molecule has 3 atom stereocenters. The Labute approximate surface area is 162 Å². The largest absolute Gasteiger partial charge is 0.340 e. The lowest BCUT2D eigenvalue weighted by Gasteiger charge is -2.23. The molecule has 1 saturated carbocycles. The van der Waals surface area contributed by atoms with Crippen molar-refractivity contribution in [2.24, 2.45) is 5.92 Å². The zero-order valence-corrected chi connectivity index (χ0v) is 16.9. The lowest BCUT2D eigenvalue weighted by Crippen LogP contribution is -2.24. The molecule has 0 saturated heterocycles. The fourth-order valence-electron chi connectivity index (χ4n) is 4.64. The van der Waals surface area contributed by atoms with Crippen molar-refractivity contribution in [3.63, 3.8) is 0 Å². The summed E-state index contributed by atoms with van der Waals surface area (Å²) >= 11 is 0. The molecular formula is C23H30N4. The fraction of sp³-hybridized carbons (Fsp3) is 0.565. The molecule has 0 amide bonds. The number of anilines is 2. The number of nitrogens with zero attached hydrogens (tertiary/aromatic N) is 3. The van der Waals surface area contributed by atoms with Crippen molar-refractivity contribution in [2.75, 3.05) is 5.32 Å². The molecule has 3 unspecified atom stereocenters. The van der Waals surface area contributed by atoms with Gasteiger partial charge in [-0.1, -0.05) is 19.4 Å². The minimum atomic E-state index is -0.0866. The molecule has 27 heavy (non-hydrogen) atoms. The number of fused-ring (bicyclic) bond motifs is 1. The maximum Gasteiger partial charge on any atom is 0.129 e. The van der Waals surface area contributed by atoms with Gasteiger partial charge in [-0.2, -0.15) is 10.4 Å². The van der Waals surface area contributed by atoms with Gasteiger partial charge in [-0.05, 0) is 75.6 Å². The number of nitriles is 1. The average molecular weight is 363 g/mol. The van der Waals surface area contributed by atoms with Crippen LogP contribution in [0.2, 0.25) is 0 Å². The second-order valence-corrected chi connectivity index (χ2v) is 9.41. The third-order valence-corrected chi connectivity index (χ3v) is 6.13. The Balaban J connectivity index is 1.65. The van der Waals surface area contributed by atoms with Crippen LogP contribution in [0.5, 0.6) is 0 Å². The van der Waals surface area contributed by atoms with E-state index in [9.17, 15) is 5.26 Å². The zero-order valence-electron chi connectivity index (χ0n) is 16.9. The first kappa shape index (κ1) is 18.1. The first-order valence-corrected chi connectivity index (χ1v) is 10.2. The summed E-state index contributed by atoms with van der Waals surface area (Å²) in [6, 6.07) is 11.2. The van der Waals surface area contributed by atoms with Gasteiger partial charge in [0.15, 0.2) is 0 Å². The molecule has 0 aliphatic heterocycles. The van der Waals surface area contributed by atoms with Crippen molar-refractivity contribution in [3.8, 4) is 6.07 Å². The summed E-state index contributed by atoms with van der Waals surface area (Å²) in [6.45, 7) is 8.93. The van der Waals surface area contributed by atoms with Crippen LogP contribution in [0.3, 0.4) is 0 Å². The van der Waals surface area contributed by atoms with E-state index in [0.29, 0.717) is 5.92 Å². The van der Waals surface area contributed by atoms with E-state index in [4.69, 9.17) is 5.10 Å². The summed E-state index contributed by atoms with van der Waals surface area (Å²) in [5, 5.41) is 18.0. The van der Waals surface area contributed by atoms with Crippen LogP contribution in [0.4, 0.5) is 11.5 Å². The Kier molecular flexibility index (Phi) is 4.50. The van der Waals surface area contributed by atoms with Crippen LogP contribution in [-0.4, -0.2) is 9.78 Å². The van der Waals surface area contributed by atoms with Gasteiger partial charge in [0, 0.05) is 17.7 Å². The number of nitrogens with one attached hydrogen (secondary N) is 1. The highest BCUT2D eigenvalue weighted by atomic mass is 15.4. The lowest BCUT2D eigenvalue weighted by molar-refractivity contribution is 0.356. The topological polar surface area (TPSA) is 53.6 Å². The van der Waals surface area contributed by atoms with Crippen molar-refractivity contribution in [2.45, 2.75) is 77.2 Å². The molecule has 1 fully saturated rings. The van der Waals surface area contributed by atoms with Crippen molar-refractivity contribution < 1.29 is 0 Å². The third-order valence-electron chi connectivity index (χ3n) is 6.13. The van der Waals surface area contributed by atoms with Gasteiger partial charge in [0.05, 0.1) is 23.2 Å². The van der Waals surface area contributed by atoms with E-state index in [1.807, 2.05) is 0 Å². The Hall–Kier alpha value is -2.28. The lowest BCUT2D eigenvalue weighted by atomic mass is 10.0. The van der Waals surface area contributed by atoms with E-state index in [1.165, 1.54) is 36.1 Å². The van der Waals surface area contributed by atoms with Crippen LogP contribution in [0, 0.1) is 17.2 Å². The average Bonchev–Trinajstić information content (AvgIpc) is 3.31. The van der Waals surface area contributed by atoms with Crippen LogP contribution >= 0.6 is 0 Å². The molecular weight excluding hydrogens is 332 g/mol. The normalized spacial score (nSPS) is 24.6. The number of hydrogen-bond donors (Lipinski definition) is 1. The second-order valence-electron chi connectivity index (χ2n) is 9.41. The minimum absolute atomic E-state index is 0.0322. The van der Waals surface area contributed by atoms with Gasteiger partial charge in [0.1, 0.15) is 5.82 Å². The summed E-state index contributed by atoms with van der Waals surface area (Å²) in [7, 11) is 0. The number of benzene rings is 1. The molecule has 4 nitrogen and oxygen atoms in total. The Bertz CT molecular complexity index is 881. The van der Waals surface area contributed by atoms with Crippen molar-refractivity contribution in [1.82, 2.24) is 9.78 Å². The molecule has 1 aromatic carbocycles. The summed E-state index contributed by atoms with van der Waals surface area (Å²) in [5.41, 5.74) is 4.68. The van der Waals surface area contributed by atoms with Crippen molar-refractivity contribution in [1.29, 1.82) is 5.26 Å². The van der Waals surface area contributed by atoms with E-state index < -0.39 is 0 Å². The van der Waals surface area contributed by atoms with E-state index in [0.717, 1.165) is 30.3 Å². The maximum absolute atomic E-state index is 9.41. The molecule has 1 N–H and O–H groups in total. The van der Waals surface area contributed by atoms with Gasteiger partial charge in [-0.15, -0.1) is 0 Å².